The van der Waals surface area contributed by atoms with Crippen LogP contribution in [0, 0.1) is 5.82 Å². The molecule has 6 nitrogen and oxygen atoms in total. The average molecular weight is 426 g/mol. The van der Waals surface area contributed by atoms with Gasteiger partial charge in [-0.25, -0.2) is 14.4 Å². The minimum absolute atomic E-state index is 0.102. The topological polar surface area (TPSA) is 70.2 Å². The number of rotatable bonds is 6. The molecule has 31 heavy (non-hydrogen) atoms. The number of likely N-dealkylation sites (tertiary alicyclic amines) is 1. The molecular weight excluding hydrogens is 393 g/mol. The molecule has 1 aromatic heterocycles. The lowest BCUT2D eigenvalue weighted by molar-refractivity contribution is -0.132. The lowest BCUT2D eigenvalue weighted by Gasteiger charge is -2.32. The van der Waals surface area contributed by atoms with Crippen molar-refractivity contribution in [3.05, 3.63) is 42.0 Å². The van der Waals surface area contributed by atoms with Crippen molar-refractivity contribution in [2.45, 2.75) is 70.3 Å². The van der Waals surface area contributed by atoms with E-state index in [0.29, 0.717) is 30.5 Å². The van der Waals surface area contributed by atoms with Gasteiger partial charge in [-0.15, -0.1) is 0 Å². The smallest absolute Gasteiger partial charge is 0.222 e. The Morgan fingerprint density at radius 2 is 1.90 bits per heavy atom. The number of piperidine rings is 1. The van der Waals surface area contributed by atoms with E-state index in [9.17, 15) is 9.18 Å². The van der Waals surface area contributed by atoms with Gasteiger partial charge < -0.3 is 15.5 Å². The summed E-state index contributed by atoms with van der Waals surface area (Å²) in [7, 11) is 0. The number of benzene rings is 1. The monoisotopic (exact) mass is 425 g/mol. The van der Waals surface area contributed by atoms with E-state index in [-0.39, 0.29) is 17.6 Å². The third kappa shape index (κ3) is 5.71. The molecular formula is C24H32FN5O. The van der Waals surface area contributed by atoms with E-state index in [2.05, 4.69) is 10.6 Å². The summed E-state index contributed by atoms with van der Waals surface area (Å²) < 4.78 is 13.7. The Kier molecular flexibility index (Phi) is 6.99. The fraction of sp³-hybridized carbons (Fsp3) is 0.542. The SMILES string of the molecule is CCC(=O)N1CCCC(c2nc(Nc3cccc(F)c3)cc(NC3CCCCC3)n2)C1. The predicted octanol–water partition coefficient (Wildman–Crippen LogP) is 5.22. The molecule has 0 radical (unpaired) electrons. The molecule has 1 aromatic carbocycles. The van der Waals surface area contributed by atoms with Crippen LogP contribution in [0.15, 0.2) is 30.3 Å². The predicted molar refractivity (Wildman–Crippen MR) is 121 cm³/mol. The number of halogens is 1. The van der Waals surface area contributed by atoms with Crippen LogP contribution in [-0.4, -0.2) is 39.9 Å². The lowest BCUT2D eigenvalue weighted by atomic mass is 9.95. The van der Waals surface area contributed by atoms with Crippen molar-refractivity contribution in [1.29, 1.82) is 0 Å². The molecule has 1 saturated carbocycles. The Bertz CT molecular complexity index is 899. The van der Waals surface area contributed by atoms with Gasteiger partial charge in [0.25, 0.3) is 0 Å². The van der Waals surface area contributed by atoms with E-state index in [1.54, 1.807) is 6.07 Å². The summed E-state index contributed by atoms with van der Waals surface area (Å²) in [6, 6.07) is 8.70. The van der Waals surface area contributed by atoms with Gasteiger partial charge in [-0.3, -0.25) is 4.79 Å². The van der Waals surface area contributed by atoms with Crippen molar-refractivity contribution in [3.8, 4) is 0 Å². The van der Waals surface area contributed by atoms with E-state index in [0.717, 1.165) is 43.9 Å². The lowest BCUT2D eigenvalue weighted by Crippen LogP contribution is -2.39. The first-order valence-corrected chi connectivity index (χ1v) is 11.6. The number of nitrogens with one attached hydrogen (secondary N) is 2. The quantitative estimate of drug-likeness (QED) is 0.664. The summed E-state index contributed by atoms with van der Waals surface area (Å²) in [6.45, 7) is 3.36. The normalized spacial score (nSPS) is 19.8. The molecule has 2 fully saturated rings. The number of aromatic nitrogens is 2. The van der Waals surface area contributed by atoms with Crippen molar-refractivity contribution in [2.24, 2.45) is 0 Å². The molecule has 4 rings (SSSR count). The molecule has 2 heterocycles. The highest BCUT2D eigenvalue weighted by Gasteiger charge is 2.27. The molecule has 0 spiro atoms. The number of hydrogen-bond acceptors (Lipinski definition) is 5. The number of carbonyl (C=O) groups excluding carboxylic acids is 1. The summed E-state index contributed by atoms with van der Waals surface area (Å²) in [6.07, 6.45) is 8.49. The van der Waals surface area contributed by atoms with Crippen LogP contribution in [0.4, 0.5) is 21.7 Å². The van der Waals surface area contributed by atoms with Crippen LogP contribution in [-0.2, 0) is 4.79 Å². The van der Waals surface area contributed by atoms with Gasteiger partial charge in [0.15, 0.2) is 0 Å². The van der Waals surface area contributed by atoms with Crippen molar-refractivity contribution in [2.75, 3.05) is 23.7 Å². The molecule has 7 heteroatoms. The minimum atomic E-state index is -0.291. The Morgan fingerprint density at radius 3 is 2.68 bits per heavy atom. The van der Waals surface area contributed by atoms with E-state index in [4.69, 9.17) is 9.97 Å². The number of amides is 1. The second-order valence-corrected chi connectivity index (χ2v) is 8.64. The largest absolute Gasteiger partial charge is 0.367 e. The molecule has 1 atom stereocenters. The molecule has 166 valence electrons. The van der Waals surface area contributed by atoms with E-state index in [1.807, 2.05) is 24.0 Å². The van der Waals surface area contributed by atoms with Crippen LogP contribution in [0.2, 0.25) is 0 Å². The number of anilines is 3. The standard InChI is InChI=1S/C24H32FN5O/c1-2-23(31)30-13-7-8-17(16-30)24-28-21(26-19-10-4-3-5-11-19)15-22(29-24)27-20-12-6-9-18(25)14-20/h6,9,12,14-15,17,19H,2-5,7-8,10-11,13,16H2,1H3,(H2,26,27,28,29). The van der Waals surface area contributed by atoms with Crippen LogP contribution >= 0.6 is 0 Å². The number of hydrogen-bond donors (Lipinski definition) is 2. The molecule has 1 amide bonds. The van der Waals surface area contributed by atoms with Crippen LogP contribution in [0.3, 0.4) is 0 Å². The zero-order valence-corrected chi connectivity index (χ0v) is 18.2. The van der Waals surface area contributed by atoms with Crippen LogP contribution in [0.1, 0.15) is 70.0 Å². The van der Waals surface area contributed by atoms with Gasteiger partial charge in [0.2, 0.25) is 5.91 Å². The molecule has 1 saturated heterocycles. The highest BCUT2D eigenvalue weighted by Crippen LogP contribution is 2.29. The molecule has 1 aliphatic heterocycles. The van der Waals surface area contributed by atoms with Crippen LogP contribution in [0.25, 0.3) is 0 Å². The number of carbonyl (C=O) groups is 1. The maximum atomic E-state index is 13.7. The highest BCUT2D eigenvalue weighted by atomic mass is 19.1. The minimum Gasteiger partial charge on any atom is -0.367 e. The Balaban J connectivity index is 1.59. The molecule has 2 N–H and O–H groups in total. The van der Waals surface area contributed by atoms with Gasteiger partial charge in [0, 0.05) is 43.2 Å². The van der Waals surface area contributed by atoms with Gasteiger partial charge in [-0.1, -0.05) is 32.3 Å². The second kappa shape index (κ2) is 10.1. The summed E-state index contributed by atoms with van der Waals surface area (Å²) in [5, 5.41) is 6.83. The van der Waals surface area contributed by atoms with Crippen LogP contribution in [0.5, 0.6) is 0 Å². The van der Waals surface area contributed by atoms with Gasteiger partial charge in [-0.2, -0.15) is 0 Å². The molecule has 1 aliphatic carbocycles. The van der Waals surface area contributed by atoms with E-state index >= 15 is 0 Å². The second-order valence-electron chi connectivity index (χ2n) is 8.64. The van der Waals surface area contributed by atoms with E-state index in [1.165, 1.54) is 31.4 Å². The zero-order valence-electron chi connectivity index (χ0n) is 18.2. The zero-order chi connectivity index (χ0) is 21.6. The summed E-state index contributed by atoms with van der Waals surface area (Å²) in [5.74, 6) is 2.18. The fourth-order valence-corrected chi connectivity index (χ4v) is 4.59. The Labute approximate surface area is 183 Å². The average Bonchev–Trinajstić information content (AvgIpc) is 2.79. The third-order valence-electron chi connectivity index (χ3n) is 6.24. The van der Waals surface area contributed by atoms with Crippen molar-refractivity contribution in [1.82, 2.24) is 14.9 Å². The van der Waals surface area contributed by atoms with Gasteiger partial charge in [0.1, 0.15) is 23.3 Å². The Hall–Kier alpha value is -2.70. The van der Waals surface area contributed by atoms with Crippen molar-refractivity contribution in [3.63, 3.8) is 0 Å². The molecule has 1 unspecified atom stereocenters. The molecule has 0 bridgehead atoms. The first-order chi connectivity index (χ1) is 15.1. The summed E-state index contributed by atoms with van der Waals surface area (Å²) >= 11 is 0. The first kappa shape index (κ1) is 21.5. The van der Waals surface area contributed by atoms with Gasteiger partial charge in [0.05, 0.1) is 0 Å². The maximum Gasteiger partial charge on any atom is 0.222 e. The first-order valence-electron chi connectivity index (χ1n) is 11.6. The van der Waals surface area contributed by atoms with Crippen molar-refractivity contribution >= 4 is 23.2 Å². The number of nitrogens with zero attached hydrogens (tertiary/aromatic N) is 3. The summed E-state index contributed by atoms with van der Waals surface area (Å²) in [5.41, 5.74) is 0.652. The summed E-state index contributed by atoms with van der Waals surface area (Å²) in [4.78, 5) is 23.8. The van der Waals surface area contributed by atoms with Gasteiger partial charge in [-0.05, 0) is 43.9 Å². The fourth-order valence-electron chi connectivity index (χ4n) is 4.59. The molecule has 2 aromatic rings. The maximum absolute atomic E-state index is 13.7. The third-order valence-corrected chi connectivity index (χ3v) is 6.24. The highest BCUT2D eigenvalue weighted by molar-refractivity contribution is 5.76. The van der Waals surface area contributed by atoms with E-state index < -0.39 is 0 Å². The van der Waals surface area contributed by atoms with Crippen LogP contribution < -0.4 is 10.6 Å². The van der Waals surface area contributed by atoms with Crippen molar-refractivity contribution < 1.29 is 9.18 Å². The Morgan fingerprint density at radius 1 is 1.10 bits per heavy atom. The molecule has 2 aliphatic rings. The van der Waals surface area contributed by atoms with Gasteiger partial charge >= 0.3 is 0 Å².